The van der Waals surface area contributed by atoms with Gasteiger partial charge in [0.05, 0.1) is 24.9 Å². The Labute approximate surface area is 188 Å². The number of anilines is 1. The van der Waals surface area contributed by atoms with E-state index in [1.807, 2.05) is 0 Å². The summed E-state index contributed by atoms with van der Waals surface area (Å²) < 4.78 is 16.1. The topological polar surface area (TPSA) is 94.2 Å². The molecule has 10 heteroatoms. The summed E-state index contributed by atoms with van der Waals surface area (Å²) in [5.41, 5.74) is 0.925. The third kappa shape index (κ3) is 3.66. The van der Waals surface area contributed by atoms with Crippen molar-refractivity contribution in [1.82, 2.24) is 4.90 Å². The molecule has 2 aromatic rings. The molecule has 2 aliphatic rings. The van der Waals surface area contributed by atoms with Crippen LogP contribution in [0, 0.1) is 0 Å². The predicted octanol–water partition coefficient (Wildman–Crippen LogP) is 3.81. The molecule has 0 saturated carbocycles. The van der Waals surface area contributed by atoms with Gasteiger partial charge in [-0.15, -0.1) is 0 Å². The van der Waals surface area contributed by atoms with Crippen molar-refractivity contribution in [2.24, 2.45) is 0 Å². The van der Waals surface area contributed by atoms with Gasteiger partial charge in [-0.3, -0.25) is 14.5 Å². The van der Waals surface area contributed by atoms with E-state index in [9.17, 15) is 14.4 Å². The van der Waals surface area contributed by atoms with Crippen molar-refractivity contribution in [2.45, 2.75) is 25.1 Å². The van der Waals surface area contributed by atoms with Crippen molar-refractivity contribution >= 4 is 46.7 Å². The molecule has 2 aromatic carbocycles. The molecule has 2 amide bonds. The number of methoxy groups -OCH3 is 2. The Bertz CT molecular complexity index is 1090. The van der Waals surface area contributed by atoms with Crippen LogP contribution in [0.1, 0.15) is 35.0 Å². The summed E-state index contributed by atoms with van der Waals surface area (Å²) >= 11 is 12.1. The minimum Gasteiger partial charge on any atom is -0.493 e. The van der Waals surface area contributed by atoms with Crippen molar-refractivity contribution in [3.8, 4) is 11.5 Å². The molecule has 1 unspecified atom stereocenters. The van der Waals surface area contributed by atoms with Crippen molar-refractivity contribution in [3.05, 3.63) is 51.5 Å². The number of amides is 2. The number of benzene rings is 2. The van der Waals surface area contributed by atoms with E-state index in [0.717, 1.165) is 0 Å². The third-order valence-corrected chi connectivity index (χ3v) is 5.83. The fourth-order valence-corrected chi connectivity index (χ4v) is 4.19. The number of likely N-dealkylation sites (tertiary alicyclic amines) is 1. The lowest BCUT2D eigenvalue weighted by Crippen LogP contribution is -2.43. The number of hydrogen-bond donors (Lipinski definition) is 1. The molecule has 0 radical (unpaired) electrons. The highest BCUT2D eigenvalue weighted by atomic mass is 35.5. The molecule has 1 saturated heterocycles. The quantitative estimate of drug-likeness (QED) is 0.676. The number of esters is 1. The molecule has 0 aromatic heterocycles. The molecule has 8 nitrogen and oxygen atoms in total. The van der Waals surface area contributed by atoms with Crippen LogP contribution in [-0.4, -0.2) is 42.9 Å². The van der Waals surface area contributed by atoms with Crippen LogP contribution in [-0.2, 0) is 14.3 Å². The summed E-state index contributed by atoms with van der Waals surface area (Å²) in [6, 6.07) is 7.06. The van der Waals surface area contributed by atoms with Crippen molar-refractivity contribution < 1.29 is 28.6 Å². The first-order valence-corrected chi connectivity index (χ1v) is 10.1. The monoisotopic (exact) mass is 464 g/mol. The van der Waals surface area contributed by atoms with Gasteiger partial charge in [0.1, 0.15) is 11.6 Å². The van der Waals surface area contributed by atoms with E-state index in [2.05, 4.69) is 5.32 Å². The van der Waals surface area contributed by atoms with Crippen molar-refractivity contribution in [1.29, 1.82) is 0 Å². The number of cyclic esters (lactones) is 1. The molecule has 1 fully saturated rings. The minimum atomic E-state index is -1.05. The van der Waals surface area contributed by atoms with Crippen LogP contribution in [0.2, 0.25) is 10.0 Å². The molecular weight excluding hydrogens is 447 g/mol. The highest BCUT2D eigenvalue weighted by molar-refractivity contribution is 6.35. The Hall–Kier alpha value is -2.97. The zero-order valence-electron chi connectivity index (χ0n) is 16.6. The second kappa shape index (κ2) is 8.28. The molecule has 2 atom stereocenters. The van der Waals surface area contributed by atoms with Crippen LogP contribution in [0.4, 0.5) is 5.69 Å². The van der Waals surface area contributed by atoms with E-state index >= 15 is 0 Å². The summed E-state index contributed by atoms with van der Waals surface area (Å²) in [6.07, 6.45) is -0.653. The highest BCUT2D eigenvalue weighted by Crippen LogP contribution is 2.45. The summed E-state index contributed by atoms with van der Waals surface area (Å²) in [7, 11) is 2.86. The number of halogens is 2. The first-order valence-electron chi connectivity index (χ1n) is 9.38. The number of carbonyl (C=O) groups is 3. The number of fused-ring (bicyclic) bond motifs is 1. The van der Waals surface area contributed by atoms with E-state index in [1.165, 1.54) is 25.2 Å². The van der Waals surface area contributed by atoms with Gasteiger partial charge in [0.25, 0.3) is 0 Å². The smallest absolute Gasteiger partial charge is 0.344 e. The fraction of sp³-hybridized carbons (Fsp3) is 0.286. The summed E-state index contributed by atoms with van der Waals surface area (Å²) in [5.74, 6) is -0.854. The Morgan fingerprint density at radius 2 is 1.94 bits per heavy atom. The van der Waals surface area contributed by atoms with Crippen LogP contribution in [0.5, 0.6) is 11.5 Å². The van der Waals surface area contributed by atoms with Crippen molar-refractivity contribution in [3.63, 3.8) is 0 Å². The minimum absolute atomic E-state index is 0.137. The standard InChI is InChI=1S/C21H18Cl2N2O6/c1-29-15-7-4-11-17(18(15)30-2)21(28)31-20(11)25-14(6-8-16(25)26)19(27)24-13-9-10(22)3-5-12(13)23/h3-5,7,9,14,20H,6,8H2,1-2H3,(H,24,27)/t14-,20?/m0/s1. The lowest BCUT2D eigenvalue weighted by Gasteiger charge is -2.29. The molecule has 2 aliphatic heterocycles. The van der Waals surface area contributed by atoms with E-state index in [4.69, 9.17) is 37.4 Å². The van der Waals surface area contributed by atoms with E-state index in [-0.39, 0.29) is 30.1 Å². The van der Waals surface area contributed by atoms with Crippen molar-refractivity contribution in [2.75, 3.05) is 19.5 Å². The number of nitrogens with zero attached hydrogens (tertiary/aromatic N) is 1. The van der Waals surface area contributed by atoms with Crippen LogP contribution in [0.3, 0.4) is 0 Å². The van der Waals surface area contributed by atoms with Crippen LogP contribution in [0.25, 0.3) is 0 Å². The normalized spacial score (nSPS) is 19.8. The molecule has 2 heterocycles. The number of carbonyl (C=O) groups excluding carboxylic acids is 3. The molecule has 162 valence electrons. The summed E-state index contributed by atoms with van der Waals surface area (Å²) in [4.78, 5) is 39.6. The van der Waals surface area contributed by atoms with Gasteiger partial charge in [-0.1, -0.05) is 23.2 Å². The summed E-state index contributed by atoms with van der Waals surface area (Å²) in [5, 5.41) is 3.42. The molecule has 31 heavy (non-hydrogen) atoms. The van der Waals surface area contributed by atoms with Gasteiger partial charge >= 0.3 is 5.97 Å². The van der Waals surface area contributed by atoms with Gasteiger partial charge in [0.15, 0.2) is 11.5 Å². The van der Waals surface area contributed by atoms with Gasteiger partial charge in [-0.05, 0) is 36.8 Å². The number of nitrogens with one attached hydrogen (secondary N) is 1. The molecule has 0 spiro atoms. The Kier molecular flexibility index (Phi) is 5.68. The van der Waals surface area contributed by atoms with Gasteiger partial charge in [0, 0.05) is 17.0 Å². The van der Waals surface area contributed by atoms with E-state index < -0.39 is 24.1 Å². The molecule has 4 rings (SSSR count). The first-order chi connectivity index (χ1) is 14.8. The predicted molar refractivity (Wildman–Crippen MR) is 113 cm³/mol. The first kappa shape index (κ1) is 21.3. The zero-order valence-corrected chi connectivity index (χ0v) is 18.1. The average Bonchev–Trinajstić information content (AvgIpc) is 3.29. The summed E-state index contributed by atoms with van der Waals surface area (Å²) in [6.45, 7) is 0. The Morgan fingerprint density at radius 3 is 2.65 bits per heavy atom. The maximum Gasteiger partial charge on any atom is 0.344 e. The lowest BCUT2D eigenvalue weighted by atomic mass is 10.1. The number of rotatable bonds is 5. The van der Waals surface area contributed by atoms with Crippen LogP contribution >= 0.6 is 23.2 Å². The second-order valence-corrected chi connectivity index (χ2v) is 7.84. The maximum absolute atomic E-state index is 13.0. The molecule has 0 aliphatic carbocycles. The number of hydrogen-bond acceptors (Lipinski definition) is 6. The molecule has 1 N–H and O–H groups in total. The lowest BCUT2D eigenvalue weighted by molar-refractivity contribution is -0.144. The Balaban J connectivity index is 1.66. The average molecular weight is 465 g/mol. The van der Waals surface area contributed by atoms with Gasteiger partial charge in [-0.25, -0.2) is 4.79 Å². The largest absolute Gasteiger partial charge is 0.493 e. The highest BCUT2D eigenvalue weighted by Gasteiger charge is 2.47. The maximum atomic E-state index is 13.0. The van der Waals surface area contributed by atoms with Gasteiger partial charge < -0.3 is 19.5 Å². The van der Waals surface area contributed by atoms with Gasteiger partial charge in [-0.2, -0.15) is 0 Å². The zero-order chi connectivity index (χ0) is 22.3. The SMILES string of the molecule is COc1ccc2c(c1OC)C(=O)OC2N1C(=O)CC[C@H]1C(=O)Nc1cc(Cl)ccc1Cl. The molecule has 0 bridgehead atoms. The fourth-order valence-electron chi connectivity index (χ4n) is 3.85. The van der Waals surface area contributed by atoms with Crippen LogP contribution in [0.15, 0.2) is 30.3 Å². The van der Waals surface area contributed by atoms with Gasteiger partial charge in [0.2, 0.25) is 18.0 Å². The van der Waals surface area contributed by atoms with Crippen LogP contribution < -0.4 is 14.8 Å². The third-order valence-electron chi connectivity index (χ3n) is 5.26. The Morgan fingerprint density at radius 1 is 1.16 bits per heavy atom. The van der Waals surface area contributed by atoms with E-state index in [0.29, 0.717) is 27.0 Å². The number of ether oxygens (including phenoxy) is 3. The molecular formula is C21H18Cl2N2O6. The second-order valence-electron chi connectivity index (χ2n) is 6.99. The van der Waals surface area contributed by atoms with E-state index in [1.54, 1.807) is 24.3 Å².